The molecule has 0 spiro atoms. The maximum atomic E-state index is 6.00. The van der Waals surface area contributed by atoms with E-state index in [9.17, 15) is 0 Å². The molecule has 0 N–H and O–H groups in total. The Morgan fingerprint density at radius 1 is 0.909 bits per heavy atom. The predicted octanol–water partition coefficient (Wildman–Crippen LogP) is 5.18. The van der Waals surface area contributed by atoms with Crippen molar-refractivity contribution >= 4 is 0 Å². The van der Waals surface area contributed by atoms with Crippen LogP contribution in [-0.2, 0) is 11.2 Å². The van der Waals surface area contributed by atoms with Crippen molar-refractivity contribution in [2.24, 2.45) is 0 Å². The van der Waals surface area contributed by atoms with Gasteiger partial charge in [-0.2, -0.15) is 0 Å². The van der Waals surface area contributed by atoms with Gasteiger partial charge in [-0.25, -0.2) is 0 Å². The van der Waals surface area contributed by atoms with Crippen molar-refractivity contribution < 1.29 is 9.47 Å². The van der Waals surface area contributed by atoms with Crippen LogP contribution < -0.4 is 4.74 Å². The lowest BCUT2D eigenvalue weighted by atomic mass is 9.99. The topological polar surface area (TPSA) is 18.5 Å². The number of hydrogen-bond donors (Lipinski definition) is 0. The Morgan fingerprint density at radius 3 is 2.18 bits per heavy atom. The Kier molecular flexibility index (Phi) is 6.47. The highest BCUT2D eigenvalue weighted by Gasteiger charge is 2.12. The maximum absolute atomic E-state index is 6.00. The van der Waals surface area contributed by atoms with E-state index in [-0.39, 0.29) is 6.29 Å². The first kappa shape index (κ1) is 16.6. The van der Waals surface area contributed by atoms with Crippen LogP contribution in [-0.4, -0.2) is 12.9 Å². The third kappa shape index (κ3) is 4.88. The van der Waals surface area contributed by atoms with E-state index < -0.39 is 0 Å². The summed E-state index contributed by atoms with van der Waals surface area (Å²) in [5.41, 5.74) is 2.57. The lowest BCUT2D eigenvalue weighted by molar-refractivity contribution is -0.0740. The SMILES string of the molecule is CCOC(Cc1ccccc1)Oc1ccc(C(C)CC)cc1. The minimum Gasteiger partial charge on any atom is -0.465 e. The number of ether oxygens (including phenoxy) is 2. The summed E-state index contributed by atoms with van der Waals surface area (Å²) in [6.45, 7) is 7.09. The normalized spacial score (nSPS) is 13.6. The molecule has 2 rings (SSSR count). The second-order valence-corrected chi connectivity index (χ2v) is 5.57. The molecule has 0 saturated carbocycles. The molecular formula is C20H26O2. The number of rotatable bonds is 8. The van der Waals surface area contributed by atoms with Crippen LogP contribution in [0.1, 0.15) is 44.2 Å². The van der Waals surface area contributed by atoms with Gasteiger partial charge in [-0.1, -0.05) is 56.3 Å². The molecule has 0 aliphatic carbocycles. The number of hydrogen-bond acceptors (Lipinski definition) is 2. The van der Waals surface area contributed by atoms with Crippen molar-refractivity contribution in [2.75, 3.05) is 6.61 Å². The second-order valence-electron chi connectivity index (χ2n) is 5.57. The molecule has 2 atom stereocenters. The van der Waals surface area contributed by atoms with Crippen LogP contribution in [0.5, 0.6) is 5.75 Å². The minimum atomic E-state index is -0.248. The highest BCUT2D eigenvalue weighted by Crippen LogP contribution is 2.22. The van der Waals surface area contributed by atoms with Crippen LogP contribution in [0.4, 0.5) is 0 Å². The zero-order chi connectivity index (χ0) is 15.8. The van der Waals surface area contributed by atoms with Crippen LogP contribution >= 0.6 is 0 Å². The van der Waals surface area contributed by atoms with E-state index in [2.05, 4.69) is 38.1 Å². The lowest BCUT2D eigenvalue weighted by Gasteiger charge is -2.19. The van der Waals surface area contributed by atoms with E-state index in [0.29, 0.717) is 12.5 Å². The number of benzene rings is 2. The quantitative estimate of drug-likeness (QED) is 0.625. The summed E-state index contributed by atoms with van der Waals surface area (Å²) in [6.07, 6.45) is 1.65. The molecule has 0 radical (unpaired) electrons. The van der Waals surface area contributed by atoms with E-state index in [1.165, 1.54) is 11.1 Å². The van der Waals surface area contributed by atoms with Gasteiger partial charge < -0.3 is 9.47 Å². The van der Waals surface area contributed by atoms with Gasteiger partial charge in [-0.05, 0) is 42.5 Å². The molecule has 118 valence electrons. The van der Waals surface area contributed by atoms with Crippen molar-refractivity contribution in [2.45, 2.75) is 45.8 Å². The minimum absolute atomic E-state index is 0.248. The molecule has 0 fully saturated rings. The zero-order valence-electron chi connectivity index (χ0n) is 13.8. The van der Waals surface area contributed by atoms with Crippen LogP contribution in [0, 0.1) is 0 Å². The fourth-order valence-electron chi connectivity index (χ4n) is 2.39. The molecule has 0 aromatic heterocycles. The first-order valence-corrected chi connectivity index (χ1v) is 8.15. The van der Waals surface area contributed by atoms with Gasteiger partial charge in [0.25, 0.3) is 0 Å². The van der Waals surface area contributed by atoms with E-state index in [0.717, 1.165) is 18.6 Å². The predicted molar refractivity (Wildman–Crippen MR) is 91.3 cm³/mol. The van der Waals surface area contributed by atoms with Crippen molar-refractivity contribution in [1.82, 2.24) is 0 Å². The maximum Gasteiger partial charge on any atom is 0.203 e. The summed E-state index contributed by atoms with van der Waals surface area (Å²) in [7, 11) is 0. The van der Waals surface area contributed by atoms with E-state index in [4.69, 9.17) is 9.47 Å². The van der Waals surface area contributed by atoms with E-state index in [1.54, 1.807) is 0 Å². The molecule has 0 aliphatic rings. The first-order chi connectivity index (χ1) is 10.7. The summed E-state index contributed by atoms with van der Waals surface area (Å²) in [5.74, 6) is 1.45. The Balaban J connectivity index is 2.01. The van der Waals surface area contributed by atoms with Crippen LogP contribution in [0.25, 0.3) is 0 Å². The monoisotopic (exact) mass is 298 g/mol. The first-order valence-electron chi connectivity index (χ1n) is 8.15. The van der Waals surface area contributed by atoms with E-state index in [1.807, 2.05) is 37.3 Å². The van der Waals surface area contributed by atoms with Gasteiger partial charge in [0.05, 0.1) is 0 Å². The van der Waals surface area contributed by atoms with Crippen LogP contribution in [0.15, 0.2) is 54.6 Å². The van der Waals surface area contributed by atoms with Gasteiger partial charge in [-0.15, -0.1) is 0 Å². The fourth-order valence-corrected chi connectivity index (χ4v) is 2.39. The zero-order valence-corrected chi connectivity index (χ0v) is 13.8. The van der Waals surface area contributed by atoms with Crippen molar-refractivity contribution in [1.29, 1.82) is 0 Å². The smallest absolute Gasteiger partial charge is 0.203 e. The Labute approximate surface area is 134 Å². The van der Waals surface area contributed by atoms with Crippen LogP contribution in [0.3, 0.4) is 0 Å². The second kappa shape index (κ2) is 8.60. The Hall–Kier alpha value is -1.80. The summed E-state index contributed by atoms with van der Waals surface area (Å²) in [6, 6.07) is 18.7. The molecule has 0 aliphatic heterocycles. The highest BCUT2D eigenvalue weighted by molar-refractivity contribution is 5.29. The van der Waals surface area contributed by atoms with E-state index >= 15 is 0 Å². The standard InChI is InChI=1S/C20H26O2/c1-4-16(3)18-11-13-19(14-12-18)22-20(21-5-2)15-17-9-7-6-8-10-17/h6-14,16,20H,4-5,15H2,1-3H3. The van der Waals surface area contributed by atoms with Gasteiger partial charge >= 0.3 is 0 Å². The molecule has 2 nitrogen and oxygen atoms in total. The molecule has 2 heteroatoms. The van der Waals surface area contributed by atoms with Gasteiger partial charge in [0.15, 0.2) is 0 Å². The molecule has 0 heterocycles. The summed E-state index contributed by atoms with van der Waals surface area (Å²) in [5, 5.41) is 0. The Bertz CT molecular complexity index is 533. The molecule has 2 unspecified atom stereocenters. The molecule has 0 bridgehead atoms. The van der Waals surface area contributed by atoms with Crippen molar-refractivity contribution in [3.63, 3.8) is 0 Å². The van der Waals surface area contributed by atoms with Gasteiger partial charge in [0.2, 0.25) is 6.29 Å². The van der Waals surface area contributed by atoms with Crippen molar-refractivity contribution in [3.8, 4) is 5.75 Å². The molecule has 2 aromatic rings. The summed E-state index contributed by atoms with van der Waals surface area (Å²) in [4.78, 5) is 0. The third-order valence-electron chi connectivity index (χ3n) is 3.93. The summed E-state index contributed by atoms with van der Waals surface area (Å²) >= 11 is 0. The molecule has 0 saturated heterocycles. The van der Waals surface area contributed by atoms with Crippen molar-refractivity contribution in [3.05, 3.63) is 65.7 Å². The lowest BCUT2D eigenvalue weighted by Crippen LogP contribution is -2.23. The molecule has 0 amide bonds. The van der Waals surface area contributed by atoms with Gasteiger partial charge in [0.1, 0.15) is 5.75 Å². The highest BCUT2D eigenvalue weighted by atomic mass is 16.7. The third-order valence-corrected chi connectivity index (χ3v) is 3.93. The van der Waals surface area contributed by atoms with Gasteiger partial charge in [0, 0.05) is 13.0 Å². The molecule has 22 heavy (non-hydrogen) atoms. The van der Waals surface area contributed by atoms with Crippen LogP contribution in [0.2, 0.25) is 0 Å². The average molecular weight is 298 g/mol. The fraction of sp³-hybridized carbons (Fsp3) is 0.400. The summed E-state index contributed by atoms with van der Waals surface area (Å²) < 4.78 is 11.7. The largest absolute Gasteiger partial charge is 0.465 e. The molecular weight excluding hydrogens is 272 g/mol. The molecule has 2 aromatic carbocycles. The van der Waals surface area contributed by atoms with Gasteiger partial charge in [-0.3, -0.25) is 0 Å². The Morgan fingerprint density at radius 2 is 1.59 bits per heavy atom. The average Bonchev–Trinajstić information content (AvgIpc) is 2.56.